The molecule has 0 aliphatic carbocycles. The quantitative estimate of drug-likeness (QED) is 0.550. The largest absolute Gasteiger partial charge is 0.490 e. The minimum Gasteiger partial charge on any atom is -0.475 e. The minimum atomic E-state index is -5.08. The summed E-state index contributed by atoms with van der Waals surface area (Å²) >= 11 is 0. The maximum absolute atomic E-state index is 13.6. The molecule has 39 heavy (non-hydrogen) atoms. The van der Waals surface area contributed by atoms with E-state index in [9.17, 15) is 22.8 Å². The number of alkyl halides is 3. The van der Waals surface area contributed by atoms with E-state index in [1.54, 1.807) is 0 Å². The number of carbonyl (C=O) groups excluding carboxylic acids is 2. The van der Waals surface area contributed by atoms with Crippen LogP contribution in [-0.2, 0) is 16.0 Å². The molecule has 4 rings (SSSR count). The highest BCUT2D eigenvalue weighted by molar-refractivity contribution is 5.90. The molecular formula is C28H41F3N4O4. The van der Waals surface area contributed by atoms with Crippen LogP contribution in [0.25, 0.3) is 0 Å². The Labute approximate surface area is 228 Å². The highest BCUT2D eigenvalue weighted by Gasteiger charge is 2.64. The van der Waals surface area contributed by atoms with E-state index in [1.807, 2.05) is 17.0 Å². The number of nitrogens with zero attached hydrogens (tertiary/aromatic N) is 3. The van der Waals surface area contributed by atoms with Gasteiger partial charge in [0.1, 0.15) is 0 Å². The van der Waals surface area contributed by atoms with Crippen LogP contribution in [0.3, 0.4) is 0 Å². The predicted octanol–water partition coefficient (Wildman–Crippen LogP) is 4.71. The van der Waals surface area contributed by atoms with Crippen LogP contribution < -0.4 is 5.32 Å². The van der Waals surface area contributed by atoms with Crippen LogP contribution in [0.1, 0.15) is 52.5 Å². The van der Waals surface area contributed by atoms with E-state index in [-0.39, 0.29) is 16.9 Å². The highest BCUT2D eigenvalue weighted by Crippen LogP contribution is 2.57. The molecular weight excluding hydrogens is 513 g/mol. The minimum absolute atomic E-state index is 0.0115. The number of piperidine rings is 1. The molecule has 3 heterocycles. The number of anilines is 1. The van der Waals surface area contributed by atoms with E-state index < -0.39 is 12.1 Å². The van der Waals surface area contributed by atoms with Gasteiger partial charge in [0.05, 0.1) is 5.41 Å². The van der Waals surface area contributed by atoms with E-state index in [4.69, 9.17) is 9.90 Å². The summed E-state index contributed by atoms with van der Waals surface area (Å²) in [6, 6.07) is 8.07. The van der Waals surface area contributed by atoms with Crippen LogP contribution in [0.4, 0.5) is 23.7 Å². The fraction of sp³-hybridized carbons (Fsp3) is 0.679. The number of carboxylic acids is 1. The molecule has 1 atom stereocenters. The van der Waals surface area contributed by atoms with E-state index in [2.05, 4.69) is 54.9 Å². The standard InChI is InChI=1S/C26H40N4O2.C2HF3O2/c1-5-21-7-9-22(10-8-21)27-24(32)30-14-11-25(12-15-30)18-28(17-20(3)4)19-26(25)13-16-29(6-2)23(26)31;3-2(4,5)1(6)7/h7-10,20H,5-6,11-19H2,1-4H3,(H,27,32);(H,6,7). The molecule has 2 spiro atoms. The molecule has 3 amide bonds. The Bertz CT molecular complexity index is 1020. The molecule has 11 heteroatoms. The third-order valence-electron chi connectivity index (χ3n) is 8.41. The smallest absolute Gasteiger partial charge is 0.475 e. The lowest BCUT2D eigenvalue weighted by Crippen LogP contribution is -2.54. The number of rotatable bonds is 5. The number of hydrogen-bond donors (Lipinski definition) is 2. The van der Waals surface area contributed by atoms with E-state index in [0.717, 1.165) is 77.2 Å². The van der Waals surface area contributed by atoms with Crippen LogP contribution >= 0.6 is 0 Å². The van der Waals surface area contributed by atoms with Gasteiger partial charge in [-0.2, -0.15) is 13.2 Å². The summed E-state index contributed by atoms with van der Waals surface area (Å²) in [6.45, 7) is 14.8. The zero-order chi connectivity index (χ0) is 29.0. The van der Waals surface area contributed by atoms with E-state index in [1.165, 1.54) is 5.56 Å². The predicted molar refractivity (Wildman–Crippen MR) is 142 cm³/mol. The molecule has 0 bridgehead atoms. The highest BCUT2D eigenvalue weighted by atomic mass is 19.4. The number of carbonyl (C=O) groups is 3. The number of amides is 3. The van der Waals surface area contributed by atoms with Crippen molar-refractivity contribution in [2.24, 2.45) is 16.7 Å². The number of nitrogens with one attached hydrogen (secondary N) is 1. The Morgan fingerprint density at radius 3 is 2.08 bits per heavy atom. The molecule has 0 saturated carbocycles. The molecule has 3 saturated heterocycles. The van der Waals surface area contributed by atoms with Gasteiger partial charge in [-0.3, -0.25) is 4.79 Å². The molecule has 1 aromatic rings. The number of aliphatic carboxylic acids is 1. The molecule has 2 N–H and O–H groups in total. The molecule has 3 aliphatic heterocycles. The average molecular weight is 555 g/mol. The second-order valence-electron chi connectivity index (χ2n) is 11.3. The lowest BCUT2D eigenvalue weighted by molar-refractivity contribution is -0.192. The van der Waals surface area contributed by atoms with Crippen molar-refractivity contribution >= 4 is 23.6 Å². The Hall–Kier alpha value is -2.82. The number of halogens is 3. The Kier molecular flexibility index (Phi) is 9.56. The molecule has 1 unspecified atom stereocenters. The fourth-order valence-electron chi connectivity index (χ4n) is 6.41. The van der Waals surface area contributed by atoms with E-state index in [0.29, 0.717) is 11.8 Å². The molecule has 3 aliphatic rings. The summed E-state index contributed by atoms with van der Waals surface area (Å²) < 4.78 is 31.7. The third-order valence-corrected chi connectivity index (χ3v) is 8.41. The second-order valence-corrected chi connectivity index (χ2v) is 11.3. The summed E-state index contributed by atoms with van der Waals surface area (Å²) in [7, 11) is 0. The van der Waals surface area contributed by atoms with Gasteiger partial charge in [-0.15, -0.1) is 0 Å². The summed E-state index contributed by atoms with van der Waals surface area (Å²) in [5, 5.41) is 10.2. The number of hydrogen-bond acceptors (Lipinski definition) is 4. The first kappa shape index (κ1) is 30.7. The summed E-state index contributed by atoms with van der Waals surface area (Å²) in [5.41, 5.74) is 1.83. The first-order valence-electron chi connectivity index (χ1n) is 13.7. The second kappa shape index (κ2) is 12.1. The van der Waals surface area contributed by atoms with Gasteiger partial charge in [0.25, 0.3) is 0 Å². The van der Waals surface area contributed by atoms with Crippen molar-refractivity contribution in [1.82, 2.24) is 14.7 Å². The summed E-state index contributed by atoms with van der Waals surface area (Å²) in [6.07, 6.45) is -1.31. The molecule has 0 radical (unpaired) electrons. The van der Waals surface area contributed by atoms with Crippen LogP contribution in [0, 0.1) is 16.7 Å². The van der Waals surface area contributed by atoms with Crippen LogP contribution in [0.15, 0.2) is 24.3 Å². The lowest BCUT2D eigenvalue weighted by atomic mass is 9.60. The Balaban J connectivity index is 0.000000532. The normalized spacial score (nSPS) is 22.9. The fourth-order valence-corrected chi connectivity index (χ4v) is 6.41. The Morgan fingerprint density at radius 1 is 1.03 bits per heavy atom. The average Bonchev–Trinajstić information content (AvgIpc) is 3.35. The third kappa shape index (κ3) is 6.67. The van der Waals surface area contributed by atoms with Crippen molar-refractivity contribution in [2.75, 3.05) is 51.1 Å². The van der Waals surface area contributed by atoms with Crippen LogP contribution in [0.2, 0.25) is 0 Å². The van der Waals surface area contributed by atoms with Gasteiger partial charge in [0.2, 0.25) is 5.91 Å². The number of carboxylic acid groups (broad SMARTS) is 1. The number of likely N-dealkylation sites (tertiary alicyclic amines) is 3. The molecule has 8 nitrogen and oxygen atoms in total. The molecule has 218 valence electrons. The molecule has 1 aromatic carbocycles. The van der Waals surface area contributed by atoms with Crippen LogP contribution in [-0.4, -0.2) is 89.7 Å². The maximum Gasteiger partial charge on any atom is 0.490 e. The number of aryl methyl sites for hydroxylation is 1. The van der Waals surface area contributed by atoms with Crippen molar-refractivity contribution in [3.8, 4) is 0 Å². The molecule has 0 aromatic heterocycles. The topological polar surface area (TPSA) is 93.2 Å². The number of benzene rings is 1. The van der Waals surface area contributed by atoms with Crippen molar-refractivity contribution in [3.05, 3.63) is 29.8 Å². The van der Waals surface area contributed by atoms with Crippen molar-refractivity contribution in [1.29, 1.82) is 0 Å². The van der Waals surface area contributed by atoms with Gasteiger partial charge in [-0.1, -0.05) is 32.9 Å². The molecule has 3 fully saturated rings. The first-order valence-corrected chi connectivity index (χ1v) is 13.7. The zero-order valence-electron chi connectivity index (χ0n) is 23.3. The van der Waals surface area contributed by atoms with Crippen molar-refractivity contribution < 1.29 is 32.7 Å². The number of fused-ring (bicyclic) bond motifs is 1. The monoisotopic (exact) mass is 554 g/mol. The zero-order valence-corrected chi connectivity index (χ0v) is 23.3. The summed E-state index contributed by atoms with van der Waals surface area (Å²) in [4.78, 5) is 41.9. The van der Waals surface area contributed by atoms with Crippen molar-refractivity contribution in [2.45, 2.75) is 59.6 Å². The van der Waals surface area contributed by atoms with Gasteiger partial charge in [-0.05, 0) is 56.2 Å². The van der Waals surface area contributed by atoms with Gasteiger partial charge in [-0.25, -0.2) is 9.59 Å². The van der Waals surface area contributed by atoms with E-state index >= 15 is 0 Å². The van der Waals surface area contributed by atoms with Crippen molar-refractivity contribution in [3.63, 3.8) is 0 Å². The van der Waals surface area contributed by atoms with Crippen LogP contribution in [0.5, 0.6) is 0 Å². The summed E-state index contributed by atoms with van der Waals surface area (Å²) in [5.74, 6) is -1.81. The van der Waals surface area contributed by atoms with Gasteiger partial charge in [0.15, 0.2) is 0 Å². The van der Waals surface area contributed by atoms with Gasteiger partial charge >= 0.3 is 18.2 Å². The lowest BCUT2D eigenvalue weighted by Gasteiger charge is -2.47. The maximum atomic E-state index is 13.6. The van der Waals surface area contributed by atoms with Gasteiger partial charge in [0, 0.05) is 56.9 Å². The van der Waals surface area contributed by atoms with Gasteiger partial charge < -0.3 is 25.1 Å². The first-order chi connectivity index (χ1) is 18.3. The number of urea groups is 1. The Morgan fingerprint density at radius 2 is 1.62 bits per heavy atom. The SMILES string of the molecule is CCc1ccc(NC(=O)N2CCC3(CC2)CN(CC(C)C)CC32CCN(CC)C2=O)cc1.O=C(O)C(F)(F)F.